The highest BCUT2D eigenvalue weighted by Gasteiger charge is 2.36. The van der Waals surface area contributed by atoms with Crippen LogP contribution in [0.25, 0.3) is 0 Å². The molecule has 0 aliphatic rings. The van der Waals surface area contributed by atoms with Crippen LogP contribution in [0.2, 0.25) is 0 Å². The predicted molar refractivity (Wildman–Crippen MR) is 51.1 cm³/mol. The highest BCUT2D eigenvalue weighted by molar-refractivity contribution is 7.09. The van der Waals surface area contributed by atoms with Crippen molar-refractivity contribution in [2.24, 2.45) is 0 Å². The monoisotopic (exact) mass is 257 g/mol. The molecule has 0 aromatic carbocycles. The van der Waals surface area contributed by atoms with Crippen molar-refractivity contribution < 1.29 is 23.4 Å². The van der Waals surface area contributed by atoms with Crippen molar-refractivity contribution in [1.29, 1.82) is 0 Å². The van der Waals surface area contributed by atoms with Crippen LogP contribution in [0.15, 0.2) is 0 Å². The summed E-state index contributed by atoms with van der Waals surface area (Å²) in [6.45, 7) is 0.715. The van der Waals surface area contributed by atoms with Gasteiger partial charge in [0.25, 0.3) is 0 Å². The van der Waals surface area contributed by atoms with Crippen molar-refractivity contribution in [3.05, 3.63) is 5.82 Å². The van der Waals surface area contributed by atoms with Gasteiger partial charge in [-0.15, -0.1) is 0 Å². The summed E-state index contributed by atoms with van der Waals surface area (Å²) in [4.78, 5) is 3.20. The summed E-state index contributed by atoms with van der Waals surface area (Å²) >= 11 is 0.543. The Morgan fingerprint density at radius 2 is 2.06 bits per heavy atom. The molecule has 0 bridgehead atoms. The van der Waals surface area contributed by atoms with E-state index in [1.54, 1.807) is 0 Å². The molecule has 0 saturated carbocycles. The molecule has 0 saturated heterocycles. The minimum absolute atomic E-state index is 0.0546. The second kappa shape index (κ2) is 4.52. The molecular formula is C7H10F3N3O2S. The van der Waals surface area contributed by atoms with Gasteiger partial charge in [-0.3, -0.25) is 0 Å². The van der Waals surface area contributed by atoms with Gasteiger partial charge in [0.15, 0.2) is 0 Å². The summed E-state index contributed by atoms with van der Waals surface area (Å²) in [5.74, 6) is -1.22. The fourth-order valence-corrected chi connectivity index (χ4v) is 1.31. The molecule has 1 unspecified atom stereocenters. The summed E-state index contributed by atoms with van der Waals surface area (Å²) in [5.41, 5.74) is -1.41. The maximum atomic E-state index is 12.1. The predicted octanol–water partition coefficient (Wildman–Crippen LogP) is 0.712. The Morgan fingerprint density at radius 1 is 1.44 bits per heavy atom. The lowest BCUT2D eigenvalue weighted by atomic mass is 10.1. The summed E-state index contributed by atoms with van der Waals surface area (Å²) in [5, 5.41) is 20.5. The Hall–Kier alpha value is -0.930. The number of nitrogens with one attached hydrogen (secondary N) is 1. The van der Waals surface area contributed by atoms with Crippen molar-refractivity contribution in [3.8, 4) is 0 Å². The molecule has 9 heteroatoms. The topological polar surface area (TPSA) is 78.3 Å². The van der Waals surface area contributed by atoms with Gasteiger partial charge in [0, 0.05) is 18.1 Å². The van der Waals surface area contributed by atoms with E-state index in [-0.39, 0.29) is 11.7 Å². The van der Waals surface area contributed by atoms with Crippen molar-refractivity contribution in [2.45, 2.75) is 18.7 Å². The molecular weight excluding hydrogens is 247 g/mol. The molecule has 0 aliphatic carbocycles. The normalized spacial score (nSPS) is 15.9. The van der Waals surface area contributed by atoms with Crippen LogP contribution in [0.4, 0.5) is 18.3 Å². The molecule has 5 nitrogen and oxygen atoms in total. The van der Waals surface area contributed by atoms with E-state index in [9.17, 15) is 18.3 Å². The molecule has 0 aliphatic heterocycles. The largest absolute Gasteiger partial charge is 0.452 e. The number of aliphatic hydroxyl groups excluding tert-OH is 1. The maximum Gasteiger partial charge on any atom is 0.452 e. The summed E-state index contributed by atoms with van der Waals surface area (Å²) in [7, 11) is 0. The average molecular weight is 257 g/mol. The van der Waals surface area contributed by atoms with E-state index in [4.69, 9.17) is 5.11 Å². The van der Waals surface area contributed by atoms with Crippen LogP contribution in [0.5, 0.6) is 0 Å². The minimum Gasteiger partial charge on any atom is -0.393 e. The molecule has 1 heterocycles. The molecule has 3 N–H and O–H groups in total. The number of rotatable bonds is 4. The first-order valence-corrected chi connectivity index (χ1v) is 5.00. The van der Waals surface area contributed by atoms with Crippen LogP contribution in [0.3, 0.4) is 0 Å². The highest BCUT2D eigenvalue weighted by Crippen LogP contribution is 2.28. The number of nitrogens with zero attached hydrogens (tertiary/aromatic N) is 2. The van der Waals surface area contributed by atoms with E-state index in [0.29, 0.717) is 11.5 Å². The zero-order valence-electron chi connectivity index (χ0n) is 8.25. The van der Waals surface area contributed by atoms with E-state index >= 15 is 0 Å². The van der Waals surface area contributed by atoms with E-state index in [1.807, 2.05) is 0 Å². The van der Waals surface area contributed by atoms with E-state index in [1.165, 1.54) is 6.92 Å². The van der Waals surface area contributed by atoms with Crippen LogP contribution >= 0.6 is 11.5 Å². The SMILES string of the molecule is CC(O)(CO)CNc1nc(C(F)(F)F)ns1. The average Bonchev–Trinajstić information content (AvgIpc) is 2.63. The van der Waals surface area contributed by atoms with Gasteiger partial charge < -0.3 is 15.5 Å². The third-order valence-corrected chi connectivity index (χ3v) is 2.31. The molecule has 0 amide bonds. The second-order valence-corrected chi connectivity index (χ2v) is 4.18. The number of hydrogen-bond acceptors (Lipinski definition) is 6. The Labute approximate surface area is 93.1 Å². The van der Waals surface area contributed by atoms with Gasteiger partial charge >= 0.3 is 6.18 Å². The molecule has 1 aromatic heterocycles. The number of hydrogen-bond donors (Lipinski definition) is 3. The van der Waals surface area contributed by atoms with Crippen molar-refractivity contribution >= 4 is 16.7 Å². The zero-order chi connectivity index (χ0) is 12.4. The third-order valence-electron chi connectivity index (χ3n) is 1.64. The molecule has 1 atom stereocenters. The van der Waals surface area contributed by atoms with Crippen LogP contribution in [-0.2, 0) is 6.18 Å². The smallest absolute Gasteiger partial charge is 0.393 e. The quantitative estimate of drug-likeness (QED) is 0.740. The Bertz CT molecular complexity index is 353. The molecule has 0 spiro atoms. The summed E-state index contributed by atoms with van der Waals surface area (Å²) < 4.78 is 39.4. The number of halogens is 3. The molecule has 0 radical (unpaired) electrons. The van der Waals surface area contributed by atoms with Gasteiger partial charge in [0.2, 0.25) is 11.0 Å². The van der Waals surface area contributed by atoms with Gasteiger partial charge in [0.1, 0.15) is 5.60 Å². The highest BCUT2D eigenvalue weighted by atomic mass is 32.1. The number of alkyl halides is 3. The first kappa shape index (κ1) is 13.1. The molecule has 1 aromatic rings. The van der Waals surface area contributed by atoms with Crippen molar-refractivity contribution in [2.75, 3.05) is 18.5 Å². The van der Waals surface area contributed by atoms with Gasteiger partial charge in [-0.2, -0.15) is 22.5 Å². The Balaban J connectivity index is 2.60. The fraction of sp³-hybridized carbons (Fsp3) is 0.714. The Kier molecular flexibility index (Phi) is 3.71. The third kappa shape index (κ3) is 3.58. The van der Waals surface area contributed by atoms with Crippen molar-refractivity contribution in [3.63, 3.8) is 0 Å². The first-order chi connectivity index (χ1) is 7.24. The van der Waals surface area contributed by atoms with E-state index in [0.717, 1.165) is 0 Å². The minimum atomic E-state index is -4.57. The Morgan fingerprint density at radius 3 is 2.50 bits per heavy atom. The van der Waals surface area contributed by atoms with Crippen LogP contribution in [0.1, 0.15) is 12.7 Å². The molecule has 0 fully saturated rings. The summed E-state index contributed by atoms with van der Waals surface area (Å²) in [6, 6.07) is 0. The fourth-order valence-electron chi connectivity index (χ4n) is 0.732. The first-order valence-electron chi connectivity index (χ1n) is 4.22. The molecule has 1 rings (SSSR count). The van der Waals surface area contributed by atoms with Gasteiger partial charge in [0.05, 0.1) is 6.61 Å². The number of anilines is 1. The number of aliphatic hydroxyl groups is 2. The van der Waals surface area contributed by atoms with Crippen LogP contribution in [0, 0.1) is 0 Å². The van der Waals surface area contributed by atoms with Crippen molar-refractivity contribution in [1.82, 2.24) is 9.36 Å². The van der Waals surface area contributed by atoms with Gasteiger partial charge in [-0.1, -0.05) is 0 Å². The van der Waals surface area contributed by atoms with E-state index in [2.05, 4.69) is 14.7 Å². The summed E-state index contributed by atoms with van der Waals surface area (Å²) in [6.07, 6.45) is -4.57. The lowest BCUT2D eigenvalue weighted by molar-refractivity contribution is -0.144. The van der Waals surface area contributed by atoms with Crippen LogP contribution in [-0.4, -0.2) is 38.3 Å². The van der Waals surface area contributed by atoms with E-state index < -0.39 is 24.2 Å². The zero-order valence-corrected chi connectivity index (χ0v) is 9.06. The number of aromatic nitrogens is 2. The second-order valence-electron chi connectivity index (χ2n) is 3.43. The van der Waals surface area contributed by atoms with Gasteiger partial charge in [-0.25, -0.2) is 0 Å². The standard InChI is InChI=1S/C7H10F3N3O2S/c1-6(15,3-14)2-11-5-12-4(13-16-5)7(8,9)10/h14-15H,2-3H2,1H3,(H,11,12,13). The maximum absolute atomic E-state index is 12.1. The van der Waals surface area contributed by atoms with Gasteiger partial charge in [-0.05, 0) is 6.92 Å². The lowest BCUT2D eigenvalue weighted by Crippen LogP contribution is -2.37. The lowest BCUT2D eigenvalue weighted by Gasteiger charge is -2.19. The molecule has 16 heavy (non-hydrogen) atoms. The van der Waals surface area contributed by atoms with Crippen LogP contribution < -0.4 is 5.32 Å². The molecule has 92 valence electrons.